The molecule has 0 fully saturated rings. The lowest BCUT2D eigenvalue weighted by Gasteiger charge is -1.98. The maximum Gasteiger partial charge on any atom is 0.116 e. The highest BCUT2D eigenvalue weighted by molar-refractivity contribution is 6.01. The first kappa shape index (κ1) is 11.9. The van der Waals surface area contributed by atoms with Crippen LogP contribution in [0.4, 0.5) is 0 Å². The van der Waals surface area contributed by atoms with Crippen LogP contribution in [-0.4, -0.2) is 20.1 Å². The molecule has 3 rings (SSSR count). The maximum absolute atomic E-state index is 9.58. The van der Waals surface area contributed by atoms with E-state index in [0.29, 0.717) is 5.57 Å². The summed E-state index contributed by atoms with van der Waals surface area (Å²) in [5.74, 6) is 0.165. The number of rotatable bonds is 2. The minimum Gasteiger partial charge on any atom is -0.508 e. The van der Waals surface area contributed by atoms with E-state index in [1.54, 1.807) is 42.9 Å². The molecule has 5 heteroatoms. The van der Waals surface area contributed by atoms with Crippen molar-refractivity contribution in [2.45, 2.75) is 0 Å². The van der Waals surface area contributed by atoms with Gasteiger partial charge in [-0.25, -0.2) is 9.97 Å². The van der Waals surface area contributed by atoms with E-state index < -0.39 is 0 Å². The van der Waals surface area contributed by atoms with E-state index in [4.69, 9.17) is 0 Å². The van der Waals surface area contributed by atoms with Crippen LogP contribution in [0.5, 0.6) is 5.75 Å². The summed E-state index contributed by atoms with van der Waals surface area (Å²) in [6.45, 7) is 0. The molecule has 0 amide bonds. The molecule has 2 N–H and O–H groups in total. The summed E-state index contributed by atoms with van der Waals surface area (Å²) in [5, 5.41) is 19.7. The number of hydrogen-bond acceptors (Lipinski definition) is 4. The van der Waals surface area contributed by atoms with Crippen LogP contribution in [0, 0.1) is 11.3 Å². The van der Waals surface area contributed by atoms with Crippen LogP contribution in [0.2, 0.25) is 0 Å². The van der Waals surface area contributed by atoms with Crippen LogP contribution < -0.4 is 0 Å². The zero-order chi connectivity index (χ0) is 13.9. The summed E-state index contributed by atoms with van der Waals surface area (Å²) in [7, 11) is 0. The number of fused-ring (bicyclic) bond motifs is 1. The highest BCUT2D eigenvalue weighted by atomic mass is 16.3. The number of nitrogens with one attached hydrogen (secondary N) is 1. The Balaban J connectivity index is 2.16. The fourth-order valence-electron chi connectivity index (χ4n) is 2.05. The van der Waals surface area contributed by atoms with E-state index in [0.717, 1.165) is 22.0 Å². The highest BCUT2D eigenvalue weighted by Gasteiger charge is 2.09. The molecule has 0 aliphatic rings. The molecule has 0 atom stereocenters. The summed E-state index contributed by atoms with van der Waals surface area (Å²) in [6.07, 6.45) is 8.18. The Kier molecular flexibility index (Phi) is 2.90. The lowest BCUT2D eigenvalue weighted by atomic mass is 10.0. The second-order valence-electron chi connectivity index (χ2n) is 4.27. The molecule has 0 radical (unpaired) electrons. The summed E-state index contributed by atoms with van der Waals surface area (Å²) in [4.78, 5) is 10.9. The van der Waals surface area contributed by atoms with Gasteiger partial charge in [-0.1, -0.05) is 0 Å². The average Bonchev–Trinajstić information content (AvgIpc) is 2.89. The van der Waals surface area contributed by atoms with E-state index in [1.165, 1.54) is 6.33 Å². The van der Waals surface area contributed by atoms with Crippen LogP contribution in [0.3, 0.4) is 0 Å². The van der Waals surface area contributed by atoms with Crippen molar-refractivity contribution in [2.24, 2.45) is 0 Å². The smallest absolute Gasteiger partial charge is 0.116 e. The van der Waals surface area contributed by atoms with E-state index in [2.05, 4.69) is 21.0 Å². The molecule has 0 aliphatic carbocycles. The number of nitrogens with zero attached hydrogens (tertiary/aromatic N) is 3. The Morgan fingerprint density at radius 3 is 2.85 bits per heavy atom. The topological polar surface area (TPSA) is 85.6 Å². The number of allylic oxidation sites excluding steroid dienone is 1. The van der Waals surface area contributed by atoms with Gasteiger partial charge in [0.1, 0.15) is 12.1 Å². The molecular weight excluding hydrogens is 252 g/mol. The predicted octanol–water partition coefficient (Wildman–Crippen LogP) is 2.73. The largest absolute Gasteiger partial charge is 0.508 e. The van der Waals surface area contributed by atoms with Crippen molar-refractivity contribution in [1.82, 2.24) is 15.0 Å². The quantitative estimate of drug-likeness (QED) is 0.695. The van der Waals surface area contributed by atoms with Gasteiger partial charge in [0.15, 0.2) is 0 Å². The first-order valence-electron chi connectivity index (χ1n) is 5.95. The number of aromatic nitrogens is 3. The molecule has 0 spiro atoms. The molecular formula is C15H10N4O. The second kappa shape index (κ2) is 4.86. The number of nitriles is 1. The van der Waals surface area contributed by atoms with Gasteiger partial charge in [-0.15, -0.1) is 0 Å². The van der Waals surface area contributed by atoms with E-state index in [1.807, 2.05) is 0 Å². The Hall–Kier alpha value is -3.13. The molecule has 2 aromatic heterocycles. The van der Waals surface area contributed by atoms with E-state index in [-0.39, 0.29) is 5.75 Å². The Labute approximate surface area is 114 Å². The molecule has 1 aromatic carbocycles. The maximum atomic E-state index is 9.58. The third-order valence-electron chi connectivity index (χ3n) is 2.97. The third kappa shape index (κ3) is 2.10. The zero-order valence-corrected chi connectivity index (χ0v) is 10.4. The first-order valence-corrected chi connectivity index (χ1v) is 5.95. The minimum atomic E-state index is 0.165. The van der Waals surface area contributed by atoms with Crippen LogP contribution in [0.1, 0.15) is 11.1 Å². The van der Waals surface area contributed by atoms with Gasteiger partial charge >= 0.3 is 0 Å². The number of aromatic hydroxyl groups is 1. The summed E-state index contributed by atoms with van der Waals surface area (Å²) in [5.41, 5.74) is 2.83. The standard InChI is InChI=1S/C15H10N4O/c16-5-11(3-10-6-17-9-18-7-10)14-8-19-15-2-1-12(20)4-13(14)15/h1-4,6-9,19-20H/b11-3+. The van der Waals surface area contributed by atoms with Crippen molar-refractivity contribution in [2.75, 3.05) is 0 Å². The van der Waals surface area contributed by atoms with Crippen molar-refractivity contribution < 1.29 is 5.11 Å². The van der Waals surface area contributed by atoms with Crippen LogP contribution in [-0.2, 0) is 0 Å². The summed E-state index contributed by atoms with van der Waals surface area (Å²) in [6, 6.07) is 7.17. The Morgan fingerprint density at radius 2 is 2.10 bits per heavy atom. The fraction of sp³-hybridized carbons (Fsp3) is 0. The molecule has 0 saturated heterocycles. The van der Waals surface area contributed by atoms with Gasteiger partial charge in [-0.05, 0) is 24.3 Å². The highest BCUT2D eigenvalue weighted by Crippen LogP contribution is 2.28. The Bertz CT molecular complexity index is 828. The van der Waals surface area contributed by atoms with Crippen molar-refractivity contribution in [1.29, 1.82) is 5.26 Å². The van der Waals surface area contributed by atoms with E-state index >= 15 is 0 Å². The molecule has 0 bridgehead atoms. The van der Waals surface area contributed by atoms with Gasteiger partial charge in [0.25, 0.3) is 0 Å². The zero-order valence-electron chi connectivity index (χ0n) is 10.4. The number of H-pyrrole nitrogens is 1. The average molecular weight is 262 g/mol. The summed E-state index contributed by atoms with van der Waals surface area (Å²) < 4.78 is 0. The van der Waals surface area contributed by atoms with Crippen LogP contribution in [0.15, 0.2) is 43.1 Å². The van der Waals surface area contributed by atoms with Gasteiger partial charge < -0.3 is 10.1 Å². The summed E-state index contributed by atoms with van der Waals surface area (Å²) >= 11 is 0. The molecule has 5 nitrogen and oxygen atoms in total. The number of benzene rings is 1. The van der Waals surface area contributed by atoms with Crippen molar-refractivity contribution >= 4 is 22.6 Å². The monoisotopic (exact) mass is 262 g/mol. The molecule has 0 unspecified atom stereocenters. The van der Waals surface area contributed by atoms with Crippen LogP contribution in [0.25, 0.3) is 22.6 Å². The Morgan fingerprint density at radius 1 is 1.30 bits per heavy atom. The SMILES string of the molecule is N#C/C(=C\c1cncnc1)c1c[nH]c2ccc(O)cc12. The van der Waals surface area contributed by atoms with Crippen molar-refractivity contribution in [3.05, 3.63) is 54.2 Å². The third-order valence-corrected chi connectivity index (χ3v) is 2.97. The van der Waals surface area contributed by atoms with Crippen LogP contribution >= 0.6 is 0 Å². The van der Waals surface area contributed by atoms with Gasteiger partial charge in [0, 0.05) is 40.6 Å². The lowest BCUT2D eigenvalue weighted by molar-refractivity contribution is 0.476. The normalized spacial score (nSPS) is 11.4. The first-order chi connectivity index (χ1) is 9.78. The molecule has 0 aliphatic heterocycles. The van der Waals surface area contributed by atoms with Gasteiger partial charge in [-0.2, -0.15) is 5.26 Å². The lowest BCUT2D eigenvalue weighted by Crippen LogP contribution is -1.83. The van der Waals surface area contributed by atoms with Gasteiger partial charge in [-0.3, -0.25) is 0 Å². The van der Waals surface area contributed by atoms with E-state index in [9.17, 15) is 10.4 Å². The van der Waals surface area contributed by atoms with Gasteiger partial charge in [0.2, 0.25) is 0 Å². The number of phenolic OH excluding ortho intramolecular Hbond substituents is 1. The minimum absolute atomic E-state index is 0.165. The number of aromatic amines is 1. The fourth-order valence-corrected chi connectivity index (χ4v) is 2.05. The molecule has 2 heterocycles. The van der Waals surface area contributed by atoms with Crippen molar-refractivity contribution in [3.8, 4) is 11.8 Å². The number of hydrogen-bond donors (Lipinski definition) is 2. The van der Waals surface area contributed by atoms with Crippen molar-refractivity contribution in [3.63, 3.8) is 0 Å². The molecule has 0 saturated carbocycles. The van der Waals surface area contributed by atoms with Gasteiger partial charge in [0.05, 0.1) is 11.6 Å². The second-order valence-corrected chi connectivity index (χ2v) is 4.27. The predicted molar refractivity (Wildman–Crippen MR) is 75.5 cm³/mol. The number of phenols is 1. The molecule has 96 valence electrons. The molecule has 20 heavy (non-hydrogen) atoms. The molecule has 3 aromatic rings.